The van der Waals surface area contributed by atoms with Gasteiger partial charge in [0.15, 0.2) is 0 Å². The zero-order valence-electron chi connectivity index (χ0n) is 7.18. The summed E-state index contributed by atoms with van der Waals surface area (Å²) in [4.78, 5) is 10.9. The lowest BCUT2D eigenvalue weighted by atomic mass is 10.1. The van der Waals surface area contributed by atoms with E-state index in [1.54, 1.807) is 7.05 Å². The summed E-state index contributed by atoms with van der Waals surface area (Å²) >= 11 is 0. The highest BCUT2D eigenvalue weighted by Gasteiger charge is 2.23. The molecule has 1 aliphatic rings. The lowest BCUT2D eigenvalue weighted by Crippen LogP contribution is -2.41. The third-order valence-electron chi connectivity index (χ3n) is 2.41. The van der Waals surface area contributed by atoms with Gasteiger partial charge in [-0.3, -0.25) is 0 Å². The molecule has 0 aromatic carbocycles. The van der Waals surface area contributed by atoms with Gasteiger partial charge >= 0.3 is 6.03 Å². The molecule has 0 saturated heterocycles. The van der Waals surface area contributed by atoms with E-state index >= 15 is 0 Å². The number of hydrogen-bond donors (Lipinski definition) is 2. The monoisotopic (exact) mass is 156 g/mol. The van der Waals surface area contributed by atoms with Gasteiger partial charge in [0.05, 0.1) is 0 Å². The summed E-state index contributed by atoms with van der Waals surface area (Å²) in [7, 11) is 1.65. The molecule has 0 bridgehead atoms. The van der Waals surface area contributed by atoms with Crippen LogP contribution in [0.25, 0.3) is 0 Å². The number of rotatable bonds is 1. The van der Waals surface area contributed by atoms with Crippen LogP contribution in [-0.4, -0.2) is 19.1 Å². The highest BCUT2D eigenvalue weighted by Crippen LogP contribution is 2.24. The Morgan fingerprint density at radius 1 is 1.45 bits per heavy atom. The van der Waals surface area contributed by atoms with Crippen LogP contribution < -0.4 is 10.6 Å². The van der Waals surface area contributed by atoms with Crippen LogP contribution >= 0.6 is 0 Å². The molecule has 2 amide bonds. The van der Waals surface area contributed by atoms with E-state index in [0.29, 0.717) is 12.0 Å². The maximum atomic E-state index is 10.9. The van der Waals surface area contributed by atoms with Crippen LogP contribution in [0.1, 0.15) is 26.2 Å². The molecule has 1 aliphatic carbocycles. The molecule has 0 aromatic heterocycles. The summed E-state index contributed by atoms with van der Waals surface area (Å²) in [5.41, 5.74) is 0. The molecule has 3 nitrogen and oxygen atoms in total. The SMILES string of the molecule is CNC(=O)N[C@@H]1CCC[C@H]1C. The molecule has 64 valence electrons. The molecule has 0 unspecified atom stereocenters. The van der Waals surface area contributed by atoms with Crippen molar-refractivity contribution in [2.24, 2.45) is 5.92 Å². The minimum atomic E-state index is -0.0521. The summed E-state index contributed by atoms with van der Waals surface area (Å²) in [6.45, 7) is 2.19. The number of carbonyl (C=O) groups is 1. The van der Waals surface area contributed by atoms with Crippen molar-refractivity contribution in [2.75, 3.05) is 7.05 Å². The van der Waals surface area contributed by atoms with Crippen LogP contribution in [0.15, 0.2) is 0 Å². The maximum Gasteiger partial charge on any atom is 0.314 e. The molecule has 2 N–H and O–H groups in total. The van der Waals surface area contributed by atoms with Gasteiger partial charge in [0, 0.05) is 13.1 Å². The predicted molar refractivity (Wildman–Crippen MR) is 44.4 cm³/mol. The highest BCUT2D eigenvalue weighted by molar-refractivity contribution is 5.73. The van der Waals surface area contributed by atoms with Gasteiger partial charge in [-0.25, -0.2) is 4.79 Å². The number of amides is 2. The molecule has 0 aromatic rings. The molecule has 0 spiro atoms. The third kappa shape index (κ3) is 2.10. The minimum Gasteiger partial charge on any atom is -0.341 e. The lowest BCUT2D eigenvalue weighted by Gasteiger charge is -2.16. The van der Waals surface area contributed by atoms with Crippen molar-refractivity contribution in [3.63, 3.8) is 0 Å². The van der Waals surface area contributed by atoms with Crippen LogP contribution in [0.4, 0.5) is 4.79 Å². The smallest absolute Gasteiger partial charge is 0.314 e. The molecular formula is C8H16N2O. The molecule has 0 aliphatic heterocycles. The van der Waals surface area contributed by atoms with Gasteiger partial charge < -0.3 is 10.6 Å². The van der Waals surface area contributed by atoms with E-state index in [1.807, 2.05) is 0 Å². The molecule has 1 saturated carbocycles. The fourth-order valence-corrected chi connectivity index (χ4v) is 1.60. The van der Waals surface area contributed by atoms with Crippen LogP contribution in [0.2, 0.25) is 0 Å². The van der Waals surface area contributed by atoms with Crippen molar-refractivity contribution in [3.05, 3.63) is 0 Å². The fourth-order valence-electron chi connectivity index (χ4n) is 1.60. The topological polar surface area (TPSA) is 41.1 Å². The second-order valence-corrected chi connectivity index (χ2v) is 3.24. The van der Waals surface area contributed by atoms with Gasteiger partial charge in [0.1, 0.15) is 0 Å². The van der Waals surface area contributed by atoms with E-state index in [1.165, 1.54) is 12.8 Å². The summed E-state index contributed by atoms with van der Waals surface area (Å²) in [6, 6.07) is 0.346. The van der Waals surface area contributed by atoms with Gasteiger partial charge in [0.25, 0.3) is 0 Å². The van der Waals surface area contributed by atoms with E-state index in [2.05, 4.69) is 17.6 Å². The van der Waals surface area contributed by atoms with Crippen LogP contribution in [0.3, 0.4) is 0 Å². The first kappa shape index (κ1) is 8.37. The second-order valence-electron chi connectivity index (χ2n) is 3.24. The Bertz CT molecular complexity index is 147. The largest absolute Gasteiger partial charge is 0.341 e. The van der Waals surface area contributed by atoms with Crippen LogP contribution in [-0.2, 0) is 0 Å². The molecule has 0 heterocycles. The first-order valence-corrected chi connectivity index (χ1v) is 4.22. The van der Waals surface area contributed by atoms with Gasteiger partial charge in [-0.2, -0.15) is 0 Å². The number of nitrogens with one attached hydrogen (secondary N) is 2. The Kier molecular flexibility index (Phi) is 2.74. The Morgan fingerprint density at radius 3 is 2.64 bits per heavy atom. The molecule has 1 rings (SSSR count). The van der Waals surface area contributed by atoms with Gasteiger partial charge in [0.2, 0.25) is 0 Å². The van der Waals surface area contributed by atoms with E-state index in [0.717, 1.165) is 6.42 Å². The van der Waals surface area contributed by atoms with Gasteiger partial charge in [-0.1, -0.05) is 13.3 Å². The lowest BCUT2D eigenvalue weighted by molar-refractivity contribution is 0.236. The van der Waals surface area contributed by atoms with E-state index in [4.69, 9.17) is 0 Å². The van der Waals surface area contributed by atoms with Gasteiger partial charge in [-0.05, 0) is 18.8 Å². The number of urea groups is 1. The van der Waals surface area contributed by atoms with E-state index in [-0.39, 0.29) is 6.03 Å². The predicted octanol–water partition coefficient (Wildman–Crippen LogP) is 1.10. The molecule has 3 heteroatoms. The average molecular weight is 156 g/mol. The molecule has 11 heavy (non-hydrogen) atoms. The molecule has 0 radical (unpaired) electrons. The first-order chi connectivity index (χ1) is 5.24. The average Bonchev–Trinajstić information content (AvgIpc) is 2.37. The van der Waals surface area contributed by atoms with Crippen molar-refractivity contribution < 1.29 is 4.79 Å². The molecular weight excluding hydrogens is 140 g/mol. The van der Waals surface area contributed by atoms with Crippen molar-refractivity contribution >= 4 is 6.03 Å². The molecule has 1 fully saturated rings. The Hall–Kier alpha value is -0.730. The van der Waals surface area contributed by atoms with Crippen molar-refractivity contribution in [2.45, 2.75) is 32.2 Å². The maximum absolute atomic E-state index is 10.9. The van der Waals surface area contributed by atoms with Crippen molar-refractivity contribution in [1.82, 2.24) is 10.6 Å². The first-order valence-electron chi connectivity index (χ1n) is 4.22. The zero-order chi connectivity index (χ0) is 8.27. The summed E-state index contributed by atoms with van der Waals surface area (Å²) in [5, 5.41) is 5.49. The second kappa shape index (κ2) is 3.60. The summed E-state index contributed by atoms with van der Waals surface area (Å²) in [6.07, 6.45) is 3.62. The quantitative estimate of drug-likeness (QED) is 0.586. The van der Waals surface area contributed by atoms with Crippen molar-refractivity contribution in [1.29, 1.82) is 0 Å². The number of carbonyl (C=O) groups excluding carboxylic acids is 1. The fraction of sp³-hybridized carbons (Fsp3) is 0.875. The third-order valence-corrected chi connectivity index (χ3v) is 2.41. The van der Waals surface area contributed by atoms with Crippen LogP contribution in [0, 0.1) is 5.92 Å². The Morgan fingerprint density at radius 2 is 2.18 bits per heavy atom. The van der Waals surface area contributed by atoms with Gasteiger partial charge in [-0.15, -0.1) is 0 Å². The number of hydrogen-bond acceptors (Lipinski definition) is 1. The van der Waals surface area contributed by atoms with E-state index < -0.39 is 0 Å². The zero-order valence-corrected chi connectivity index (χ0v) is 7.18. The molecule has 2 atom stereocenters. The highest BCUT2D eigenvalue weighted by atomic mass is 16.2. The summed E-state index contributed by atoms with van der Waals surface area (Å²) in [5.74, 6) is 0.646. The summed E-state index contributed by atoms with van der Waals surface area (Å²) < 4.78 is 0. The Labute approximate surface area is 67.5 Å². The van der Waals surface area contributed by atoms with E-state index in [9.17, 15) is 4.79 Å². The standard InChI is InChI=1S/C8H16N2O/c1-6-4-3-5-7(6)10-8(11)9-2/h6-7H,3-5H2,1-2H3,(H2,9,10,11)/t6-,7-/m1/s1. The van der Waals surface area contributed by atoms with Crippen LogP contribution in [0.5, 0.6) is 0 Å². The normalized spacial score (nSPS) is 30.0. The minimum absolute atomic E-state index is 0.0521. The Balaban J connectivity index is 2.30. The van der Waals surface area contributed by atoms with Crippen molar-refractivity contribution in [3.8, 4) is 0 Å².